The van der Waals surface area contributed by atoms with Gasteiger partial charge in [-0.2, -0.15) is 0 Å². The molecule has 6 nitrogen and oxygen atoms in total. The van der Waals surface area contributed by atoms with E-state index in [-0.39, 0.29) is 6.04 Å². The van der Waals surface area contributed by atoms with Crippen molar-refractivity contribution >= 4 is 33.4 Å². The first-order valence-corrected chi connectivity index (χ1v) is 11.3. The number of aromatic nitrogens is 1. The molecule has 3 heterocycles. The normalized spacial score (nSPS) is 24.0. The molecule has 0 saturated carbocycles. The molecule has 0 N–H and O–H groups in total. The molecule has 7 heteroatoms. The summed E-state index contributed by atoms with van der Waals surface area (Å²) in [6.45, 7) is 4.94. The van der Waals surface area contributed by atoms with E-state index in [9.17, 15) is 9.59 Å². The molecular weight excluding hydrogens is 386 g/mol. The molecule has 156 valence electrons. The topological polar surface area (TPSA) is 62.7 Å². The van der Waals surface area contributed by atoms with Gasteiger partial charge in [0.1, 0.15) is 0 Å². The summed E-state index contributed by atoms with van der Waals surface area (Å²) in [5, 5.41) is 1.23. The van der Waals surface area contributed by atoms with E-state index >= 15 is 0 Å². The fourth-order valence-electron chi connectivity index (χ4n) is 4.53. The number of carbonyl (C=O) groups excluding carboxylic acids is 2. The molecule has 2 aromatic rings. The Morgan fingerprint density at radius 1 is 1.17 bits per heavy atom. The van der Waals surface area contributed by atoms with Crippen LogP contribution in [-0.4, -0.2) is 60.5 Å². The number of benzene rings is 1. The van der Waals surface area contributed by atoms with Crippen LogP contribution in [0.25, 0.3) is 10.2 Å². The summed E-state index contributed by atoms with van der Waals surface area (Å²) < 4.78 is 5.88. The lowest BCUT2D eigenvalue weighted by atomic mass is 9.89. The number of piperidine rings is 2. The lowest BCUT2D eigenvalue weighted by Gasteiger charge is -2.38. The van der Waals surface area contributed by atoms with Crippen molar-refractivity contribution in [2.75, 3.05) is 33.8 Å². The first-order chi connectivity index (χ1) is 14.0. The predicted octanol–water partition coefficient (Wildman–Crippen LogP) is 3.58. The van der Waals surface area contributed by atoms with Crippen LogP contribution in [0.1, 0.15) is 55.1 Å². The van der Waals surface area contributed by atoms with Gasteiger partial charge in [0, 0.05) is 12.5 Å². The first-order valence-electron chi connectivity index (χ1n) is 10.4. The highest BCUT2D eigenvalue weighted by Crippen LogP contribution is 2.37. The average Bonchev–Trinajstić information content (AvgIpc) is 3.16. The highest BCUT2D eigenvalue weighted by atomic mass is 32.1. The van der Waals surface area contributed by atoms with Crippen LogP contribution in [0.5, 0.6) is 0 Å². The second-order valence-corrected chi connectivity index (χ2v) is 9.57. The van der Waals surface area contributed by atoms with Gasteiger partial charge in [0.25, 0.3) is 0 Å². The molecule has 0 aliphatic carbocycles. The van der Waals surface area contributed by atoms with Gasteiger partial charge in [-0.3, -0.25) is 4.79 Å². The van der Waals surface area contributed by atoms with Gasteiger partial charge in [0.05, 0.1) is 28.4 Å². The molecule has 4 rings (SSSR count). The number of methoxy groups -OCH3 is 1. The standard InChI is InChI=1S/C22H29N3O3S/c1-14-4-6-18(25(13-14)21(26)22(27)28-3)16-5-7-19-17(12-16)23-20(29-19)15-8-10-24(2)11-9-15/h5,7,12,14-15,18H,4,6,8-11,13H2,1-3H3/t14-,18+/m0/s1. The molecule has 0 radical (unpaired) electrons. The van der Waals surface area contributed by atoms with Gasteiger partial charge in [-0.25, -0.2) is 9.78 Å². The van der Waals surface area contributed by atoms with E-state index in [0.29, 0.717) is 18.4 Å². The smallest absolute Gasteiger partial charge is 0.396 e. The summed E-state index contributed by atoms with van der Waals surface area (Å²) in [6, 6.07) is 6.23. The molecule has 2 fully saturated rings. The van der Waals surface area contributed by atoms with Crippen molar-refractivity contribution in [1.29, 1.82) is 0 Å². The maximum Gasteiger partial charge on any atom is 0.396 e. The van der Waals surface area contributed by atoms with Gasteiger partial charge in [0.15, 0.2) is 0 Å². The van der Waals surface area contributed by atoms with Crippen LogP contribution in [0.4, 0.5) is 0 Å². The Morgan fingerprint density at radius 2 is 1.93 bits per heavy atom. The molecule has 1 aromatic heterocycles. The minimum Gasteiger partial charge on any atom is -0.462 e. The molecule has 2 aliphatic heterocycles. The zero-order valence-electron chi connectivity index (χ0n) is 17.4. The summed E-state index contributed by atoms with van der Waals surface area (Å²) in [7, 11) is 3.43. The Bertz CT molecular complexity index is 904. The van der Waals surface area contributed by atoms with Gasteiger partial charge < -0.3 is 14.5 Å². The highest BCUT2D eigenvalue weighted by molar-refractivity contribution is 7.18. The number of esters is 1. The van der Waals surface area contributed by atoms with Crippen molar-refractivity contribution < 1.29 is 14.3 Å². The summed E-state index contributed by atoms with van der Waals surface area (Å²) >= 11 is 1.79. The fraction of sp³-hybridized carbons (Fsp3) is 0.591. The largest absolute Gasteiger partial charge is 0.462 e. The van der Waals surface area contributed by atoms with Crippen LogP contribution in [0, 0.1) is 5.92 Å². The van der Waals surface area contributed by atoms with E-state index < -0.39 is 11.9 Å². The van der Waals surface area contributed by atoms with Crippen molar-refractivity contribution in [2.24, 2.45) is 5.92 Å². The number of likely N-dealkylation sites (tertiary alicyclic amines) is 2. The monoisotopic (exact) mass is 415 g/mol. The maximum absolute atomic E-state index is 12.6. The van der Waals surface area contributed by atoms with Crippen LogP contribution in [0.2, 0.25) is 0 Å². The van der Waals surface area contributed by atoms with Crippen LogP contribution in [0.15, 0.2) is 18.2 Å². The minimum absolute atomic E-state index is 0.101. The second-order valence-electron chi connectivity index (χ2n) is 8.50. The van der Waals surface area contributed by atoms with Gasteiger partial charge in [0.2, 0.25) is 0 Å². The maximum atomic E-state index is 12.6. The van der Waals surface area contributed by atoms with Gasteiger partial charge in [-0.1, -0.05) is 13.0 Å². The van der Waals surface area contributed by atoms with E-state index in [1.807, 2.05) is 0 Å². The second kappa shape index (κ2) is 8.40. The lowest BCUT2D eigenvalue weighted by Crippen LogP contribution is -2.45. The first kappa shape index (κ1) is 20.3. The fourth-order valence-corrected chi connectivity index (χ4v) is 5.64. The number of amides is 1. The zero-order chi connectivity index (χ0) is 20.5. The number of ether oxygens (including phenoxy) is 1. The van der Waals surface area contributed by atoms with E-state index in [2.05, 4.69) is 41.8 Å². The van der Waals surface area contributed by atoms with Crippen LogP contribution in [0.3, 0.4) is 0 Å². The summed E-state index contributed by atoms with van der Waals surface area (Å²) in [6.07, 6.45) is 4.20. The number of nitrogens with zero attached hydrogens (tertiary/aromatic N) is 3. The van der Waals surface area contributed by atoms with Gasteiger partial charge >= 0.3 is 11.9 Å². The predicted molar refractivity (Wildman–Crippen MR) is 114 cm³/mol. The number of hydrogen-bond donors (Lipinski definition) is 0. The third-order valence-electron chi connectivity index (χ3n) is 6.32. The molecular formula is C22H29N3O3S. The average molecular weight is 416 g/mol. The van der Waals surface area contributed by atoms with Crippen LogP contribution < -0.4 is 0 Å². The third-order valence-corrected chi connectivity index (χ3v) is 7.52. The molecule has 0 bridgehead atoms. The Kier molecular flexibility index (Phi) is 5.88. The summed E-state index contributed by atoms with van der Waals surface area (Å²) in [5.41, 5.74) is 2.06. The number of fused-ring (bicyclic) bond motifs is 1. The SMILES string of the molecule is COC(=O)C(=O)N1C[C@@H](C)CC[C@@H]1c1ccc2sc(C3CCN(C)CC3)nc2c1. The van der Waals surface area contributed by atoms with Crippen molar-refractivity contribution in [3.8, 4) is 0 Å². The molecule has 0 unspecified atom stereocenters. The van der Waals surface area contributed by atoms with Crippen molar-refractivity contribution in [2.45, 2.75) is 44.6 Å². The number of rotatable bonds is 2. The molecule has 1 aromatic carbocycles. The van der Waals surface area contributed by atoms with Crippen LogP contribution >= 0.6 is 11.3 Å². The number of carbonyl (C=O) groups is 2. The number of thiazole rings is 1. The Labute approximate surface area is 175 Å². The van der Waals surface area contributed by atoms with Crippen molar-refractivity contribution in [1.82, 2.24) is 14.8 Å². The molecule has 0 spiro atoms. The molecule has 29 heavy (non-hydrogen) atoms. The van der Waals surface area contributed by atoms with Crippen LogP contribution in [-0.2, 0) is 14.3 Å². The summed E-state index contributed by atoms with van der Waals surface area (Å²) in [5.74, 6) is -0.420. The Balaban J connectivity index is 1.60. The Hall–Kier alpha value is -1.99. The number of hydrogen-bond acceptors (Lipinski definition) is 6. The zero-order valence-corrected chi connectivity index (χ0v) is 18.2. The van der Waals surface area contributed by atoms with E-state index in [4.69, 9.17) is 4.98 Å². The summed E-state index contributed by atoms with van der Waals surface area (Å²) in [4.78, 5) is 33.5. The van der Waals surface area contributed by atoms with Crippen molar-refractivity contribution in [3.63, 3.8) is 0 Å². The molecule has 2 saturated heterocycles. The van der Waals surface area contributed by atoms with E-state index in [1.165, 1.54) is 16.8 Å². The van der Waals surface area contributed by atoms with Gasteiger partial charge in [-0.15, -0.1) is 11.3 Å². The minimum atomic E-state index is -0.789. The lowest BCUT2D eigenvalue weighted by molar-refractivity contribution is -0.160. The third kappa shape index (κ3) is 4.16. The molecule has 1 amide bonds. The van der Waals surface area contributed by atoms with E-state index in [1.54, 1.807) is 16.2 Å². The van der Waals surface area contributed by atoms with Gasteiger partial charge in [-0.05, 0) is 69.4 Å². The van der Waals surface area contributed by atoms with E-state index in [0.717, 1.165) is 49.9 Å². The molecule has 2 atom stereocenters. The molecule has 2 aliphatic rings. The van der Waals surface area contributed by atoms with Crippen molar-refractivity contribution in [3.05, 3.63) is 28.8 Å². The quantitative estimate of drug-likeness (QED) is 0.554. The Morgan fingerprint density at radius 3 is 2.66 bits per heavy atom. The highest BCUT2D eigenvalue weighted by Gasteiger charge is 2.35.